The number of amides is 1. The summed E-state index contributed by atoms with van der Waals surface area (Å²) in [5.74, 6) is 1.26. The lowest BCUT2D eigenvalue weighted by atomic mass is 10.1. The maximum Gasteiger partial charge on any atom is 0.275 e. The van der Waals surface area contributed by atoms with Crippen LogP contribution in [-0.4, -0.2) is 18.9 Å². The first-order chi connectivity index (χ1) is 11.3. The zero-order chi connectivity index (χ0) is 16.1. The van der Waals surface area contributed by atoms with E-state index in [1.54, 1.807) is 13.2 Å². The Morgan fingerprint density at radius 3 is 2.57 bits per heavy atom. The van der Waals surface area contributed by atoms with Gasteiger partial charge in [-0.25, -0.2) is 4.99 Å². The van der Waals surface area contributed by atoms with Crippen LogP contribution >= 0.6 is 0 Å². The third-order valence-corrected chi connectivity index (χ3v) is 3.67. The van der Waals surface area contributed by atoms with Gasteiger partial charge in [0.2, 0.25) is 0 Å². The second-order valence-electron chi connectivity index (χ2n) is 5.27. The minimum absolute atomic E-state index is 0.168. The third-order valence-electron chi connectivity index (χ3n) is 3.67. The molecular weight excluding hydrogens is 288 g/mol. The second-order valence-corrected chi connectivity index (χ2v) is 5.27. The van der Waals surface area contributed by atoms with Gasteiger partial charge in [-0.3, -0.25) is 4.79 Å². The molecule has 0 bridgehead atoms. The van der Waals surface area contributed by atoms with Gasteiger partial charge in [-0.15, -0.1) is 0 Å². The van der Waals surface area contributed by atoms with E-state index in [0.717, 1.165) is 17.7 Å². The molecule has 0 saturated carbocycles. The van der Waals surface area contributed by atoms with Crippen LogP contribution in [0.5, 0.6) is 5.75 Å². The van der Waals surface area contributed by atoms with Crippen molar-refractivity contribution in [2.45, 2.75) is 12.8 Å². The molecule has 0 unspecified atom stereocenters. The van der Waals surface area contributed by atoms with Gasteiger partial charge in [-0.1, -0.05) is 48.5 Å². The SMILES string of the molecule is COc1ccccc1/C=C1\N=C(CCc2ccccc2)NC1=O. The first-order valence-electron chi connectivity index (χ1n) is 7.54. The van der Waals surface area contributed by atoms with E-state index in [1.165, 1.54) is 5.56 Å². The van der Waals surface area contributed by atoms with Crippen LogP contribution in [0.4, 0.5) is 0 Å². The van der Waals surface area contributed by atoms with Gasteiger partial charge in [0.05, 0.1) is 7.11 Å². The average molecular weight is 306 g/mol. The van der Waals surface area contributed by atoms with Gasteiger partial charge in [-0.05, 0) is 24.1 Å². The van der Waals surface area contributed by atoms with Crippen molar-refractivity contribution in [2.75, 3.05) is 7.11 Å². The number of carbonyl (C=O) groups is 1. The summed E-state index contributed by atoms with van der Waals surface area (Å²) >= 11 is 0. The van der Waals surface area contributed by atoms with Gasteiger partial charge in [0.1, 0.15) is 17.3 Å². The molecule has 0 fully saturated rings. The molecule has 1 heterocycles. The Labute approximate surface area is 135 Å². The van der Waals surface area contributed by atoms with Crippen LogP contribution in [0, 0.1) is 0 Å². The van der Waals surface area contributed by atoms with Crippen LogP contribution in [-0.2, 0) is 11.2 Å². The van der Waals surface area contributed by atoms with E-state index in [9.17, 15) is 4.79 Å². The Hall–Kier alpha value is -2.88. The van der Waals surface area contributed by atoms with Crippen LogP contribution in [0.3, 0.4) is 0 Å². The highest BCUT2D eigenvalue weighted by Crippen LogP contribution is 2.22. The summed E-state index contributed by atoms with van der Waals surface area (Å²) in [5, 5.41) is 2.83. The standard InChI is InChI=1S/C19H18N2O2/c1-23-17-10-6-5-9-15(17)13-16-19(22)21-18(20-16)12-11-14-7-3-2-4-8-14/h2-10,13H,11-12H2,1H3,(H,20,21,22)/b16-13-. The summed E-state index contributed by atoms with van der Waals surface area (Å²) < 4.78 is 5.30. The number of nitrogens with one attached hydrogen (secondary N) is 1. The zero-order valence-electron chi connectivity index (χ0n) is 13.0. The highest BCUT2D eigenvalue weighted by molar-refractivity contribution is 6.14. The van der Waals surface area contributed by atoms with E-state index in [4.69, 9.17) is 4.74 Å². The Balaban J connectivity index is 1.74. The number of aliphatic imine (C=N–C) groups is 1. The number of amidine groups is 1. The van der Waals surface area contributed by atoms with E-state index in [2.05, 4.69) is 22.4 Å². The first kappa shape index (κ1) is 15.0. The van der Waals surface area contributed by atoms with Gasteiger partial charge in [-0.2, -0.15) is 0 Å². The average Bonchev–Trinajstić information content (AvgIpc) is 2.94. The molecule has 1 aliphatic rings. The van der Waals surface area contributed by atoms with Crippen LogP contribution in [0.15, 0.2) is 65.3 Å². The van der Waals surface area contributed by atoms with Crippen molar-refractivity contribution in [2.24, 2.45) is 4.99 Å². The number of benzene rings is 2. The molecule has 2 aromatic rings. The molecule has 116 valence electrons. The highest BCUT2D eigenvalue weighted by atomic mass is 16.5. The lowest BCUT2D eigenvalue weighted by Crippen LogP contribution is -2.24. The van der Waals surface area contributed by atoms with Crippen LogP contribution in [0.25, 0.3) is 6.08 Å². The Kier molecular flexibility index (Phi) is 4.52. The largest absolute Gasteiger partial charge is 0.496 e. The maximum atomic E-state index is 12.1. The fourth-order valence-corrected chi connectivity index (χ4v) is 2.48. The Morgan fingerprint density at radius 1 is 1.04 bits per heavy atom. The molecule has 4 heteroatoms. The van der Waals surface area contributed by atoms with Crippen molar-refractivity contribution in [3.05, 3.63) is 71.4 Å². The minimum Gasteiger partial charge on any atom is -0.496 e. The molecular formula is C19H18N2O2. The van der Waals surface area contributed by atoms with Crippen molar-refractivity contribution in [1.29, 1.82) is 0 Å². The lowest BCUT2D eigenvalue weighted by Gasteiger charge is -2.03. The monoisotopic (exact) mass is 306 g/mol. The number of nitrogens with zero attached hydrogens (tertiary/aromatic N) is 1. The van der Waals surface area contributed by atoms with Gasteiger partial charge in [0.15, 0.2) is 0 Å². The molecule has 23 heavy (non-hydrogen) atoms. The minimum atomic E-state index is -0.168. The van der Waals surface area contributed by atoms with Gasteiger partial charge in [0, 0.05) is 12.0 Å². The van der Waals surface area contributed by atoms with E-state index in [1.807, 2.05) is 42.5 Å². The van der Waals surface area contributed by atoms with E-state index >= 15 is 0 Å². The van der Waals surface area contributed by atoms with Crippen LogP contribution in [0.1, 0.15) is 17.5 Å². The van der Waals surface area contributed by atoms with Gasteiger partial charge >= 0.3 is 0 Å². The summed E-state index contributed by atoms with van der Waals surface area (Å²) in [7, 11) is 1.61. The van der Waals surface area contributed by atoms with Crippen molar-refractivity contribution >= 4 is 17.8 Å². The quantitative estimate of drug-likeness (QED) is 0.862. The summed E-state index contributed by atoms with van der Waals surface area (Å²) in [6.45, 7) is 0. The van der Waals surface area contributed by atoms with E-state index in [0.29, 0.717) is 18.0 Å². The second kappa shape index (κ2) is 6.92. The summed E-state index contributed by atoms with van der Waals surface area (Å²) in [6.07, 6.45) is 3.31. The predicted octanol–water partition coefficient (Wildman–Crippen LogP) is 3.20. The van der Waals surface area contributed by atoms with E-state index < -0.39 is 0 Å². The molecule has 1 aliphatic heterocycles. The van der Waals surface area contributed by atoms with Crippen LogP contribution in [0.2, 0.25) is 0 Å². The Bertz CT molecular complexity index is 764. The van der Waals surface area contributed by atoms with Crippen molar-refractivity contribution in [1.82, 2.24) is 5.32 Å². The molecule has 0 saturated heterocycles. The first-order valence-corrected chi connectivity index (χ1v) is 7.54. The molecule has 1 amide bonds. The van der Waals surface area contributed by atoms with Crippen molar-refractivity contribution in [3.8, 4) is 5.75 Å². The number of aryl methyl sites for hydroxylation is 1. The van der Waals surface area contributed by atoms with E-state index in [-0.39, 0.29) is 5.91 Å². The number of hydrogen-bond donors (Lipinski definition) is 1. The van der Waals surface area contributed by atoms with Gasteiger partial charge < -0.3 is 10.1 Å². The Morgan fingerprint density at radius 2 is 1.78 bits per heavy atom. The van der Waals surface area contributed by atoms with Crippen molar-refractivity contribution in [3.63, 3.8) is 0 Å². The smallest absolute Gasteiger partial charge is 0.275 e. The maximum absolute atomic E-state index is 12.1. The number of para-hydroxylation sites is 1. The number of ether oxygens (including phenoxy) is 1. The molecule has 0 atom stereocenters. The molecule has 0 spiro atoms. The number of rotatable bonds is 5. The fraction of sp³-hybridized carbons (Fsp3) is 0.158. The molecule has 0 aromatic heterocycles. The van der Waals surface area contributed by atoms with Crippen LogP contribution < -0.4 is 10.1 Å². The third kappa shape index (κ3) is 3.66. The number of carbonyl (C=O) groups excluding carboxylic acids is 1. The molecule has 0 aliphatic carbocycles. The normalized spacial score (nSPS) is 15.4. The van der Waals surface area contributed by atoms with Gasteiger partial charge in [0.25, 0.3) is 5.91 Å². The molecule has 4 nitrogen and oxygen atoms in total. The van der Waals surface area contributed by atoms with Crippen molar-refractivity contribution < 1.29 is 9.53 Å². The molecule has 3 rings (SSSR count). The highest BCUT2D eigenvalue weighted by Gasteiger charge is 2.20. The topological polar surface area (TPSA) is 50.7 Å². The number of methoxy groups -OCH3 is 1. The zero-order valence-corrected chi connectivity index (χ0v) is 13.0. The summed E-state index contributed by atoms with van der Waals surface area (Å²) in [4.78, 5) is 16.5. The fourth-order valence-electron chi connectivity index (χ4n) is 2.48. The summed E-state index contributed by atoms with van der Waals surface area (Å²) in [5.41, 5.74) is 2.48. The molecule has 0 radical (unpaired) electrons. The molecule has 1 N–H and O–H groups in total. The number of hydrogen-bond acceptors (Lipinski definition) is 3. The summed E-state index contributed by atoms with van der Waals surface area (Å²) in [6, 6.07) is 17.7. The lowest BCUT2D eigenvalue weighted by molar-refractivity contribution is -0.115. The predicted molar refractivity (Wildman–Crippen MR) is 91.3 cm³/mol. The molecule has 2 aromatic carbocycles.